The van der Waals surface area contributed by atoms with Crippen LogP contribution in [-0.4, -0.2) is 35.4 Å². The first-order chi connectivity index (χ1) is 11.8. The Kier molecular flexibility index (Phi) is 4.48. The molecule has 0 aliphatic heterocycles. The predicted octanol–water partition coefficient (Wildman–Crippen LogP) is 0.616. The summed E-state index contributed by atoms with van der Waals surface area (Å²) in [6.45, 7) is 4.25. The molecule has 11 heteroatoms. The Morgan fingerprint density at radius 1 is 1.24 bits per heavy atom. The van der Waals surface area contributed by atoms with E-state index in [1.807, 2.05) is 13.8 Å². The van der Waals surface area contributed by atoms with Gasteiger partial charge in [-0.05, 0) is 25.4 Å². The van der Waals surface area contributed by atoms with Gasteiger partial charge in [-0.1, -0.05) is 5.16 Å². The first-order valence-corrected chi connectivity index (χ1v) is 7.98. The first kappa shape index (κ1) is 17.4. The van der Waals surface area contributed by atoms with Crippen LogP contribution in [0, 0.1) is 0 Å². The van der Waals surface area contributed by atoms with Crippen molar-refractivity contribution in [3.8, 4) is 0 Å². The van der Waals surface area contributed by atoms with Gasteiger partial charge in [0, 0.05) is 20.7 Å². The smallest absolute Gasteiger partial charge is 0.332 e. The van der Waals surface area contributed by atoms with E-state index >= 15 is 0 Å². The molecule has 3 aromatic rings. The van der Waals surface area contributed by atoms with Gasteiger partial charge in [0.1, 0.15) is 12.6 Å². The van der Waals surface area contributed by atoms with Crippen LogP contribution in [0.4, 0.5) is 0 Å². The fourth-order valence-corrected chi connectivity index (χ4v) is 2.75. The summed E-state index contributed by atoms with van der Waals surface area (Å²) in [5.41, 5.74) is -0.600. The van der Waals surface area contributed by atoms with Crippen LogP contribution in [-0.2, 0) is 25.4 Å². The van der Waals surface area contributed by atoms with E-state index in [0.29, 0.717) is 12.4 Å². The molecule has 0 N–H and O–H groups in total. The number of hydrogen-bond acceptors (Lipinski definition) is 7. The molecule has 0 fully saturated rings. The van der Waals surface area contributed by atoms with E-state index in [-0.39, 0.29) is 35.0 Å². The van der Waals surface area contributed by atoms with E-state index < -0.39 is 11.2 Å². The fourth-order valence-electron chi connectivity index (χ4n) is 2.52. The molecule has 1 unspecified atom stereocenters. The number of rotatable bonds is 5. The zero-order valence-corrected chi connectivity index (χ0v) is 14.9. The van der Waals surface area contributed by atoms with Crippen LogP contribution in [0.15, 0.2) is 14.1 Å². The summed E-state index contributed by atoms with van der Waals surface area (Å²) in [6.07, 6.45) is -0.314. The van der Waals surface area contributed by atoms with Crippen molar-refractivity contribution < 1.29 is 9.26 Å². The first-order valence-electron chi connectivity index (χ1n) is 7.61. The monoisotopic (exact) mass is 368 g/mol. The lowest BCUT2D eigenvalue weighted by atomic mass is 10.4. The van der Waals surface area contributed by atoms with Gasteiger partial charge in [-0.3, -0.25) is 18.5 Å². The Balaban J connectivity index is 2.07. The maximum Gasteiger partial charge on any atom is 0.332 e. The summed E-state index contributed by atoms with van der Waals surface area (Å²) in [5.74, 6) is 0.649. The van der Waals surface area contributed by atoms with E-state index in [1.165, 1.54) is 23.2 Å². The summed E-state index contributed by atoms with van der Waals surface area (Å²) in [4.78, 5) is 32.8. The van der Waals surface area contributed by atoms with E-state index in [2.05, 4.69) is 15.1 Å². The third kappa shape index (κ3) is 2.87. The summed E-state index contributed by atoms with van der Waals surface area (Å²) in [7, 11) is 2.91. The molecule has 134 valence electrons. The highest BCUT2D eigenvalue weighted by atomic mass is 35.5. The van der Waals surface area contributed by atoms with Gasteiger partial charge < -0.3 is 9.26 Å². The minimum atomic E-state index is -0.500. The third-order valence-electron chi connectivity index (χ3n) is 3.86. The molecule has 3 heterocycles. The van der Waals surface area contributed by atoms with Crippen LogP contribution >= 0.6 is 11.6 Å². The maximum atomic E-state index is 12.5. The average Bonchev–Trinajstić information content (AvgIpc) is 3.17. The van der Waals surface area contributed by atoms with E-state index in [0.717, 1.165) is 4.57 Å². The van der Waals surface area contributed by atoms with Crippen LogP contribution in [0.5, 0.6) is 0 Å². The number of nitrogens with zero attached hydrogens (tertiary/aromatic N) is 6. The van der Waals surface area contributed by atoms with Gasteiger partial charge in [0.25, 0.3) is 5.56 Å². The number of ether oxygens (including phenoxy) is 1. The van der Waals surface area contributed by atoms with Gasteiger partial charge in [-0.15, -0.1) is 0 Å². The zero-order chi connectivity index (χ0) is 18.3. The SMILES string of the molecule is CCOC(C)c1noc(Cn2c(Cl)nc3c2c(=O)n(C)c(=O)n3C)n1. The average molecular weight is 369 g/mol. The summed E-state index contributed by atoms with van der Waals surface area (Å²) >= 11 is 6.16. The molecule has 10 nitrogen and oxygen atoms in total. The standard InChI is InChI=1S/C14H17ClN6O4/c1-5-24-7(2)10-16-8(25-18-10)6-21-9-11(17-13(21)15)19(3)14(23)20(4)12(9)22/h7H,5-6H2,1-4H3. The van der Waals surface area contributed by atoms with Crippen LogP contribution in [0.1, 0.15) is 31.7 Å². The number of hydrogen-bond donors (Lipinski definition) is 0. The largest absolute Gasteiger partial charge is 0.371 e. The van der Waals surface area contributed by atoms with Gasteiger partial charge in [0.05, 0.1) is 0 Å². The summed E-state index contributed by atoms with van der Waals surface area (Å²) < 4.78 is 14.3. The predicted molar refractivity (Wildman–Crippen MR) is 88.7 cm³/mol. The maximum absolute atomic E-state index is 12.5. The molecule has 0 spiro atoms. The Morgan fingerprint density at radius 3 is 2.64 bits per heavy atom. The lowest BCUT2D eigenvalue weighted by Gasteiger charge is -2.05. The second kappa shape index (κ2) is 6.45. The molecule has 0 amide bonds. The van der Waals surface area contributed by atoms with Crippen LogP contribution in [0.2, 0.25) is 5.28 Å². The molecule has 0 aliphatic carbocycles. The second-order valence-corrected chi connectivity index (χ2v) is 5.83. The molecule has 0 saturated carbocycles. The van der Waals surface area contributed by atoms with Crippen molar-refractivity contribution in [1.29, 1.82) is 0 Å². The quantitative estimate of drug-likeness (QED) is 0.607. The van der Waals surface area contributed by atoms with Crippen molar-refractivity contribution in [3.05, 3.63) is 37.8 Å². The van der Waals surface area contributed by atoms with Crippen molar-refractivity contribution in [1.82, 2.24) is 28.8 Å². The highest BCUT2D eigenvalue weighted by Gasteiger charge is 2.21. The molecule has 0 radical (unpaired) electrons. The second-order valence-electron chi connectivity index (χ2n) is 5.49. The van der Waals surface area contributed by atoms with Gasteiger partial charge in [0.15, 0.2) is 17.0 Å². The normalized spacial score (nSPS) is 12.8. The molecule has 25 heavy (non-hydrogen) atoms. The van der Waals surface area contributed by atoms with E-state index in [9.17, 15) is 9.59 Å². The molecule has 0 aromatic carbocycles. The van der Waals surface area contributed by atoms with Crippen molar-refractivity contribution >= 4 is 22.8 Å². The highest BCUT2D eigenvalue weighted by Crippen LogP contribution is 2.18. The Morgan fingerprint density at radius 2 is 1.96 bits per heavy atom. The Labute approximate surface area is 146 Å². The number of fused-ring (bicyclic) bond motifs is 1. The highest BCUT2D eigenvalue weighted by molar-refractivity contribution is 6.29. The van der Waals surface area contributed by atoms with E-state index in [4.69, 9.17) is 20.9 Å². The van der Waals surface area contributed by atoms with E-state index in [1.54, 1.807) is 0 Å². The minimum absolute atomic E-state index is 0.0471. The fraction of sp³-hybridized carbons (Fsp3) is 0.500. The number of aromatic nitrogens is 6. The third-order valence-corrected chi connectivity index (χ3v) is 4.15. The van der Waals surface area contributed by atoms with Crippen molar-refractivity contribution in [3.63, 3.8) is 0 Å². The van der Waals surface area contributed by atoms with Gasteiger partial charge in [-0.25, -0.2) is 4.79 Å². The van der Waals surface area contributed by atoms with Gasteiger partial charge in [0.2, 0.25) is 11.2 Å². The van der Waals surface area contributed by atoms with Crippen LogP contribution in [0.3, 0.4) is 0 Å². The molecular formula is C14H17ClN6O4. The van der Waals surface area contributed by atoms with Gasteiger partial charge >= 0.3 is 5.69 Å². The molecule has 0 aliphatic rings. The van der Waals surface area contributed by atoms with Crippen LogP contribution < -0.4 is 11.2 Å². The molecule has 0 saturated heterocycles. The molecule has 3 rings (SSSR count). The Bertz CT molecular complexity index is 1050. The summed E-state index contributed by atoms with van der Waals surface area (Å²) in [5, 5.41) is 3.92. The van der Waals surface area contributed by atoms with Crippen molar-refractivity contribution in [2.45, 2.75) is 26.5 Å². The Hall–Kier alpha value is -2.46. The number of imidazole rings is 1. The lowest BCUT2D eigenvalue weighted by molar-refractivity contribution is 0.0683. The minimum Gasteiger partial charge on any atom is -0.371 e. The summed E-state index contributed by atoms with van der Waals surface area (Å²) in [6, 6.07) is 0. The number of aryl methyl sites for hydroxylation is 1. The topological polar surface area (TPSA) is 110 Å². The van der Waals surface area contributed by atoms with Crippen molar-refractivity contribution in [2.24, 2.45) is 14.1 Å². The molecule has 1 atom stereocenters. The molecule has 3 aromatic heterocycles. The number of halogens is 1. The lowest BCUT2D eigenvalue weighted by Crippen LogP contribution is -2.37. The molecular weight excluding hydrogens is 352 g/mol. The van der Waals surface area contributed by atoms with Crippen LogP contribution in [0.25, 0.3) is 11.2 Å². The van der Waals surface area contributed by atoms with Crippen molar-refractivity contribution in [2.75, 3.05) is 6.61 Å². The van der Waals surface area contributed by atoms with Gasteiger partial charge in [-0.2, -0.15) is 9.97 Å². The zero-order valence-electron chi connectivity index (χ0n) is 14.2. The molecule has 0 bridgehead atoms.